The van der Waals surface area contributed by atoms with Crippen LogP contribution in [0.5, 0.6) is 0 Å². The number of para-hydroxylation sites is 1. The number of piperazine rings is 1. The highest BCUT2D eigenvalue weighted by molar-refractivity contribution is 5.92. The molecule has 0 unspecified atom stereocenters. The van der Waals surface area contributed by atoms with E-state index in [0.717, 1.165) is 18.8 Å². The maximum atomic E-state index is 12.0. The van der Waals surface area contributed by atoms with E-state index in [4.69, 9.17) is 0 Å². The Morgan fingerprint density at radius 1 is 1.25 bits per heavy atom. The van der Waals surface area contributed by atoms with Crippen molar-refractivity contribution in [2.75, 3.05) is 45.1 Å². The van der Waals surface area contributed by atoms with Gasteiger partial charge < -0.3 is 20.4 Å². The fraction of sp³-hybridized carbons (Fsp3) is 0.429. The average molecular weight is 276 g/mol. The van der Waals surface area contributed by atoms with Gasteiger partial charge in [-0.15, -0.1) is 0 Å². The number of likely N-dealkylation sites (N-methyl/N-ethyl adjacent to an activating group) is 1. The first-order valence-corrected chi connectivity index (χ1v) is 6.72. The van der Waals surface area contributed by atoms with Crippen LogP contribution < -0.4 is 10.6 Å². The summed E-state index contributed by atoms with van der Waals surface area (Å²) in [6, 6.07) is 8.92. The second kappa shape index (κ2) is 6.91. The van der Waals surface area contributed by atoms with Crippen LogP contribution in [0.2, 0.25) is 0 Å². The van der Waals surface area contributed by atoms with Gasteiger partial charge in [-0.2, -0.15) is 0 Å². The average Bonchev–Trinajstić information content (AvgIpc) is 2.49. The van der Waals surface area contributed by atoms with E-state index in [1.54, 1.807) is 11.9 Å². The summed E-state index contributed by atoms with van der Waals surface area (Å²) in [5.74, 6) is -0.0165. The van der Waals surface area contributed by atoms with Gasteiger partial charge in [-0.3, -0.25) is 4.79 Å². The summed E-state index contributed by atoms with van der Waals surface area (Å²) >= 11 is 0. The molecule has 20 heavy (non-hydrogen) atoms. The number of nitrogens with one attached hydrogen (secondary N) is 2. The Morgan fingerprint density at radius 3 is 2.55 bits per heavy atom. The van der Waals surface area contributed by atoms with Gasteiger partial charge in [0.2, 0.25) is 5.91 Å². The zero-order chi connectivity index (χ0) is 14.4. The molecule has 108 valence electrons. The lowest BCUT2D eigenvalue weighted by Gasteiger charge is -2.29. The van der Waals surface area contributed by atoms with Crippen molar-refractivity contribution >= 4 is 17.6 Å². The molecular weight excluding hydrogens is 256 g/mol. The molecule has 2 N–H and O–H groups in total. The van der Waals surface area contributed by atoms with E-state index in [1.807, 2.05) is 30.3 Å². The van der Waals surface area contributed by atoms with Crippen LogP contribution in [0.3, 0.4) is 0 Å². The van der Waals surface area contributed by atoms with Gasteiger partial charge in [0.25, 0.3) is 0 Å². The number of amides is 3. The fourth-order valence-corrected chi connectivity index (χ4v) is 2.03. The second-order valence-corrected chi connectivity index (χ2v) is 4.78. The highest BCUT2D eigenvalue weighted by Crippen LogP contribution is 2.06. The molecule has 6 heteroatoms. The van der Waals surface area contributed by atoms with Crippen LogP contribution in [0.25, 0.3) is 0 Å². The largest absolute Gasteiger partial charge is 0.339 e. The molecule has 1 aromatic rings. The molecule has 2 rings (SSSR count). The number of carbonyl (C=O) groups is 2. The Labute approximate surface area is 118 Å². The summed E-state index contributed by atoms with van der Waals surface area (Å²) in [5, 5.41) is 5.95. The molecule has 0 radical (unpaired) electrons. The van der Waals surface area contributed by atoms with E-state index in [2.05, 4.69) is 10.6 Å². The molecule has 1 aliphatic heterocycles. The molecule has 6 nitrogen and oxygen atoms in total. The number of rotatable bonds is 3. The van der Waals surface area contributed by atoms with Gasteiger partial charge in [0.15, 0.2) is 0 Å². The third kappa shape index (κ3) is 3.96. The Kier molecular flexibility index (Phi) is 4.95. The number of anilines is 1. The number of nitrogens with zero attached hydrogens (tertiary/aromatic N) is 2. The quantitative estimate of drug-likeness (QED) is 0.849. The third-order valence-electron chi connectivity index (χ3n) is 3.21. The van der Waals surface area contributed by atoms with Crippen molar-refractivity contribution in [3.8, 4) is 0 Å². The molecule has 1 fully saturated rings. The van der Waals surface area contributed by atoms with Crippen LogP contribution in [0.1, 0.15) is 0 Å². The first kappa shape index (κ1) is 14.3. The highest BCUT2D eigenvalue weighted by Gasteiger charge is 2.19. The molecule has 0 saturated carbocycles. The fourth-order valence-electron chi connectivity index (χ4n) is 2.03. The van der Waals surface area contributed by atoms with Crippen molar-refractivity contribution in [3.63, 3.8) is 0 Å². The van der Waals surface area contributed by atoms with E-state index in [0.29, 0.717) is 13.1 Å². The molecule has 0 aromatic heterocycles. The Balaban J connectivity index is 1.82. The SMILES string of the molecule is CN(CC(=O)N1CCNCC1)C(=O)Nc1ccccc1. The van der Waals surface area contributed by atoms with Gasteiger partial charge >= 0.3 is 6.03 Å². The first-order chi connectivity index (χ1) is 9.66. The number of carbonyl (C=O) groups excluding carboxylic acids is 2. The van der Waals surface area contributed by atoms with Crippen molar-refractivity contribution < 1.29 is 9.59 Å². The normalized spacial score (nSPS) is 14.8. The minimum atomic E-state index is -0.278. The highest BCUT2D eigenvalue weighted by atomic mass is 16.2. The summed E-state index contributed by atoms with van der Waals surface area (Å²) < 4.78 is 0. The second-order valence-electron chi connectivity index (χ2n) is 4.78. The van der Waals surface area contributed by atoms with E-state index in [-0.39, 0.29) is 18.5 Å². The van der Waals surface area contributed by atoms with Gasteiger partial charge in [-0.05, 0) is 12.1 Å². The van der Waals surface area contributed by atoms with Crippen LogP contribution in [0.15, 0.2) is 30.3 Å². The van der Waals surface area contributed by atoms with Crippen LogP contribution in [-0.2, 0) is 4.79 Å². The zero-order valence-electron chi connectivity index (χ0n) is 11.6. The lowest BCUT2D eigenvalue weighted by Crippen LogP contribution is -2.50. The maximum absolute atomic E-state index is 12.0. The molecule has 0 spiro atoms. The summed E-state index contributed by atoms with van der Waals surface area (Å²) in [4.78, 5) is 27.2. The summed E-state index contributed by atoms with van der Waals surface area (Å²) in [7, 11) is 1.62. The Morgan fingerprint density at radius 2 is 1.90 bits per heavy atom. The van der Waals surface area contributed by atoms with Crippen LogP contribution in [-0.4, -0.2) is 61.5 Å². The van der Waals surface area contributed by atoms with Crippen LogP contribution in [0.4, 0.5) is 10.5 Å². The molecule has 3 amide bonds. The van der Waals surface area contributed by atoms with E-state index in [1.165, 1.54) is 4.90 Å². The third-order valence-corrected chi connectivity index (χ3v) is 3.21. The minimum absolute atomic E-state index is 0.0165. The Bertz CT molecular complexity index is 458. The van der Waals surface area contributed by atoms with Crippen molar-refractivity contribution in [2.45, 2.75) is 0 Å². The lowest BCUT2D eigenvalue weighted by molar-refractivity contribution is -0.132. The monoisotopic (exact) mass is 276 g/mol. The van der Waals surface area contributed by atoms with E-state index < -0.39 is 0 Å². The topological polar surface area (TPSA) is 64.7 Å². The molecule has 0 atom stereocenters. The van der Waals surface area contributed by atoms with Crippen LogP contribution >= 0.6 is 0 Å². The predicted molar refractivity (Wildman–Crippen MR) is 77.5 cm³/mol. The van der Waals surface area contributed by atoms with Crippen molar-refractivity contribution in [1.29, 1.82) is 0 Å². The molecule has 1 aromatic carbocycles. The Hall–Kier alpha value is -2.08. The van der Waals surface area contributed by atoms with Gasteiger partial charge in [0.05, 0.1) is 0 Å². The summed E-state index contributed by atoms with van der Waals surface area (Å²) in [5.41, 5.74) is 0.721. The number of hydrogen-bond donors (Lipinski definition) is 2. The first-order valence-electron chi connectivity index (χ1n) is 6.72. The van der Waals surface area contributed by atoms with E-state index in [9.17, 15) is 9.59 Å². The zero-order valence-corrected chi connectivity index (χ0v) is 11.6. The molecule has 1 aliphatic rings. The van der Waals surface area contributed by atoms with Gasteiger partial charge in [0.1, 0.15) is 6.54 Å². The van der Waals surface area contributed by atoms with Crippen molar-refractivity contribution in [2.24, 2.45) is 0 Å². The molecular formula is C14H20N4O2. The number of hydrogen-bond acceptors (Lipinski definition) is 3. The number of benzene rings is 1. The molecule has 0 bridgehead atoms. The summed E-state index contributed by atoms with van der Waals surface area (Å²) in [6.45, 7) is 3.12. The van der Waals surface area contributed by atoms with Crippen LogP contribution in [0, 0.1) is 0 Å². The van der Waals surface area contributed by atoms with Gasteiger partial charge in [-0.1, -0.05) is 18.2 Å². The standard InChI is InChI=1S/C14H20N4O2/c1-17(11-13(19)18-9-7-15-8-10-18)14(20)16-12-5-3-2-4-6-12/h2-6,15H,7-11H2,1H3,(H,16,20). The van der Waals surface area contributed by atoms with E-state index >= 15 is 0 Å². The maximum Gasteiger partial charge on any atom is 0.322 e. The molecule has 1 heterocycles. The predicted octanol–water partition coefficient (Wildman–Crippen LogP) is 0.582. The molecule has 0 aliphatic carbocycles. The van der Waals surface area contributed by atoms with Crippen molar-refractivity contribution in [3.05, 3.63) is 30.3 Å². The van der Waals surface area contributed by atoms with Gasteiger partial charge in [-0.25, -0.2) is 4.79 Å². The molecule has 1 saturated heterocycles. The van der Waals surface area contributed by atoms with Gasteiger partial charge in [0, 0.05) is 38.9 Å². The van der Waals surface area contributed by atoms with Crippen molar-refractivity contribution in [1.82, 2.24) is 15.1 Å². The number of urea groups is 1. The lowest BCUT2D eigenvalue weighted by atomic mass is 10.3. The smallest absolute Gasteiger partial charge is 0.322 e. The summed E-state index contributed by atoms with van der Waals surface area (Å²) in [6.07, 6.45) is 0. The minimum Gasteiger partial charge on any atom is -0.339 e.